The Morgan fingerprint density at radius 3 is 2.62 bits per heavy atom. The van der Waals surface area contributed by atoms with Crippen molar-refractivity contribution in [3.05, 3.63) is 68.3 Å². The Labute approximate surface area is 179 Å². The van der Waals surface area contributed by atoms with Crippen molar-refractivity contribution in [2.24, 2.45) is 5.73 Å². The van der Waals surface area contributed by atoms with Crippen molar-refractivity contribution in [1.29, 1.82) is 0 Å². The second kappa shape index (κ2) is 8.86. The van der Waals surface area contributed by atoms with E-state index >= 15 is 0 Å². The third-order valence-electron chi connectivity index (χ3n) is 3.88. The topological polar surface area (TPSA) is 89.7 Å². The highest BCUT2D eigenvalue weighted by molar-refractivity contribution is 8.18. The Kier molecular flexibility index (Phi) is 6.46. The van der Waals surface area contributed by atoms with Gasteiger partial charge in [-0.1, -0.05) is 35.3 Å². The molecular formula is C19H13Cl2FN2O4S. The van der Waals surface area contributed by atoms with Crippen LogP contribution in [0.25, 0.3) is 6.08 Å². The number of nitrogens with zero attached hydrogens (tertiary/aromatic N) is 1. The molecule has 150 valence electrons. The van der Waals surface area contributed by atoms with E-state index in [9.17, 15) is 18.8 Å². The van der Waals surface area contributed by atoms with Gasteiger partial charge in [-0.2, -0.15) is 0 Å². The third-order valence-corrected chi connectivity index (χ3v) is 5.43. The summed E-state index contributed by atoms with van der Waals surface area (Å²) < 4.78 is 19.1. The van der Waals surface area contributed by atoms with Crippen LogP contribution in [-0.4, -0.2) is 28.6 Å². The largest absolute Gasteiger partial charge is 0.482 e. The van der Waals surface area contributed by atoms with Crippen molar-refractivity contribution in [3.8, 4) is 5.75 Å². The molecule has 0 radical (unpaired) electrons. The van der Waals surface area contributed by atoms with Crippen LogP contribution in [0, 0.1) is 5.82 Å². The van der Waals surface area contributed by atoms with E-state index in [4.69, 9.17) is 33.7 Å². The van der Waals surface area contributed by atoms with Crippen molar-refractivity contribution in [1.82, 2.24) is 4.90 Å². The van der Waals surface area contributed by atoms with Crippen LogP contribution in [0.5, 0.6) is 5.75 Å². The highest BCUT2D eigenvalue weighted by atomic mass is 35.5. The average Bonchev–Trinajstić information content (AvgIpc) is 2.91. The van der Waals surface area contributed by atoms with E-state index in [1.165, 1.54) is 36.4 Å². The lowest BCUT2D eigenvalue weighted by Gasteiger charge is -2.14. The van der Waals surface area contributed by atoms with E-state index in [2.05, 4.69) is 0 Å². The van der Waals surface area contributed by atoms with Gasteiger partial charge in [0.1, 0.15) is 11.6 Å². The number of hydrogen-bond donors (Lipinski definition) is 1. The van der Waals surface area contributed by atoms with Gasteiger partial charge in [0.25, 0.3) is 17.1 Å². The number of hydrogen-bond acceptors (Lipinski definition) is 5. The Balaban J connectivity index is 1.79. The molecule has 3 rings (SSSR count). The fraction of sp³-hybridized carbons (Fsp3) is 0.105. The van der Waals surface area contributed by atoms with Gasteiger partial charge in [-0.15, -0.1) is 0 Å². The maximum Gasteiger partial charge on any atom is 0.293 e. The van der Waals surface area contributed by atoms with Gasteiger partial charge in [0.15, 0.2) is 6.61 Å². The van der Waals surface area contributed by atoms with Crippen LogP contribution in [0.15, 0.2) is 41.3 Å². The number of primary amides is 1. The van der Waals surface area contributed by atoms with Crippen LogP contribution in [0.2, 0.25) is 10.0 Å². The van der Waals surface area contributed by atoms with Crippen molar-refractivity contribution < 1.29 is 23.5 Å². The van der Waals surface area contributed by atoms with Gasteiger partial charge < -0.3 is 10.5 Å². The minimum absolute atomic E-state index is 0.0664. The lowest BCUT2D eigenvalue weighted by molar-refractivity contribution is -0.123. The number of thioether (sulfide) groups is 1. The van der Waals surface area contributed by atoms with Crippen LogP contribution in [0.1, 0.15) is 11.1 Å². The molecule has 1 heterocycles. The first-order valence-electron chi connectivity index (χ1n) is 8.15. The number of ether oxygens (including phenoxy) is 1. The van der Waals surface area contributed by atoms with E-state index in [0.717, 1.165) is 16.7 Å². The van der Waals surface area contributed by atoms with Crippen molar-refractivity contribution in [2.45, 2.75) is 6.54 Å². The van der Waals surface area contributed by atoms with E-state index in [0.29, 0.717) is 5.56 Å². The summed E-state index contributed by atoms with van der Waals surface area (Å²) in [5.74, 6) is -1.55. The number of rotatable bonds is 6. The van der Waals surface area contributed by atoms with Crippen molar-refractivity contribution in [2.75, 3.05) is 6.61 Å². The van der Waals surface area contributed by atoms with Crippen LogP contribution in [-0.2, 0) is 16.1 Å². The molecule has 2 N–H and O–H groups in total. The number of benzene rings is 2. The second-order valence-corrected chi connectivity index (χ2v) is 7.72. The smallest absolute Gasteiger partial charge is 0.293 e. The molecule has 0 aromatic heterocycles. The molecule has 3 amide bonds. The molecule has 1 aliphatic rings. The summed E-state index contributed by atoms with van der Waals surface area (Å²) in [7, 11) is 0. The average molecular weight is 455 g/mol. The summed E-state index contributed by atoms with van der Waals surface area (Å²) in [5, 5.41) is -0.197. The molecule has 1 fully saturated rings. The molecule has 0 aliphatic carbocycles. The quantitative estimate of drug-likeness (QED) is 0.659. The third kappa shape index (κ3) is 4.90. The predicted octanol–water partition coefficient (Wildman–Crippen LogP) is 4.23. The molecule has 6 nitrogen and oxygen atoms in total. The predicted molar refractivity (Wildman–Crippen MR) is 109 cm³/mol. The van der Waals surface area contributed by atoms with Crippen molar-refractivity contribution >= 4 is 58.1 Å². The van der Waals surface area contributed by atoms with Crippen LogP contribution in [0.4, 0.5) is 9.18 Å². The zero-order valence-corrected chi connectivity index (χ0v) is 17.0. The lowest BCUT2D eigenvalue weighted by Crippen LogP contribution is -2.28. The highest BCUT2D eigenvalue weighted by Gasteiger charge is 2.35. The Bertz CT molecular complexity index is 1020. The van der Waals surface area contributed by atoms with E-state index in [1.54, 1.807) is 6.07 Å². The number of nitrogens with two attached hydrogens (primary N) is 1. The van der Waals surface area contributed by atoms with E-state index < -0.39 is 22.9 Å². The van der Waals surface area contributed by atoms with Gasteiger partial charge in [-0.3, -0.25) is 19.3 Å². The standard InChI is InChI=1S/C19H13Cl2FN2O4S/c20-12-2-1-3-14(22)11(12)8-24-18(26)16(29-19(24)27)7-10-4-5-15(13(21)6-10)28-9-17(23)25/h1-7H,8-9H2,(H2,23,25)/b16-7-. The number of halogens is 3. The maximum atomic E-state index is 14.0. The normalized spacial score (nSPS) is 15.3. The van der Waals surface area contributed by atoms with E-state index in [-0.39, 0.29) is 39.4 Å². The maximum absolute atomic E-state index is 14.0. The molecule has 1 aliphatic heterocycles. The monoisotopic (exact) mass is 454 g/mol. The van der Waals surface area contributed by atoms with Crippen LogP contribution >= 0.6 is 35.0 Å². The summed E-state index contributed by atoms with van der Waals surface area (Å²) in [6.07, 6.45) is 1.48. The molecule has 2 aromatic rings. The molecule has 29 heavy (non-hydrogen) atoms. The second-order valence-electron chi connectivity index (χ2n) is 5.91. The Morgan fingerprint density at radius 1 is 1.21 bits per heavy atom. The van der Waals surface area contributed by atoms with E-state index in [1.807, 2.05) is 0 Å². The molecule has 1 saturated heterocycles. The SMILES string of the molecule is NC(=O)COc1ccc(/C=C2\SC(=O)N(Cc3c(F)cccc3Cl)C2=O)cc1Cl. The Hall–Kier alpha value is -2.55. The summed E-state index contributed by atoms with van der Waals surface area (Å²) in [5.41, 5.74) is 5.62. The number of imide groups is 1. The zero-order chi connectivity index (χ0) is 21.1. The molecule has 0 atom stereocenters. The minimum atomic E-state index is -0.645. The minimum Gasteiger partial charge on any atom is -0.482 e. The summed E-state index contributed by atoms with van der Waals surface area (Å²) in [4.78, 5) is 36.7. The molecule has 2 aromatic carbocycles. The number of amides is 3. The van der Waals surface area contributed by atoms with Crippen LogP contribution < -0.4 is 10.5 Å². The number of carbonyl (C=O) groups excluding carboxylic acids is 3. The first-order chi connectivity index (χ1) is 13.8. The van der Waals surface area contributed by atoms with Crippen LogP contribution in [0.3, 0.4) is 0 Å². The van der Waals surface area contributed by atoms with Gasteiger partial charge in [0.05, 0.1) is 16.5 Å². The van der Waals surface area contributed by atoms with Gasteiger partial charge in [0.2, 0.25) is 0 Å². The molecule has 0 unspecified atom stereocenters. The molecule has 10 heteroatoms. The highest BCUT2D eigenvalue weighted by Crippen LogP contribution is 2.35. The van der Waals surface area contributed by atoms with Crippen molar-refractivity contribution in [3.63, 3.8) is 0 Å². The molecular weight excluding hydrogens is 442 g/mol. The first kappa shape index (κ1) is 21.2. The molecule has 0 bridgehead atoms. The summed E-state index contributed by atoms with van der Waals surface area (Å²) in [6, 6.07) is 8.76. The fourth-order valence-corrected chi connectivity index (χ4v) is 3.81. The summed E-state index contributed by atoms with van der Waals surface area (Å²) >= 11 is 12.8. The van der Waals surface area contributed by atoms with Gasteiger partial charge in [-0.25, -0.2) is 4.39 Å². The Morgan fingerprint density at radius 2 is 1.97 bits per heavy atom. The lowest BCUT2D eigenvalue weighted by atomic mass is 10.2. The molecule has 0 saturated carbocycles. The fourth-order valence-electron chi connectivity index (χ4n) is 2.50. The summed E-state index contributed by atoms with van der Waals surface area (Å²) in [6.45, 7) is -0.593. The zero-order valence-electron chi connectivity index (χ0n) is 14.7. The van der Waals surface area contributed by atoms with Gasteiger partial charge in [0, 0.05) is 10.6 Å². The first-order valence-corrected chi connectivity index (χ1v) is 9.72. The van der Waals surface area contributed by atoms with Gasteiger partial charge in [-0.05, 0) is 47.7 Å². The molecule has 0 spiro atoms. The van der Waals surface area contributed by atoms with Gasteiger partial charge >= 0.3 is 0 Å². The number of carbonyl (C=O) groups is 3.